The van der Waals surface area contributed by atoms with Crippen LogP contribution in [0.5, 0.6) is 5.75 Å². The Hall–Kier alpha value is -1.63. The van der Waals surface area contributed by atoms with Crippen molar-refractivity contribution in [3.63, 3.8) is 0 Å². The number of carbonyl (C=O) groups is 1. The van der Waals surface area contributed by atoms with Crippen molar-refractivity contribution >= 4 is 5.91 Å². The molecular formula is C18H27N3O3. The van der Waals surface area contributed by atoms with E-state index in [-0.39, 0.29) is 11.3 Å². The third-order valence-corrected chi connectivity index (χ3v) is 5.09. The van der Waals surface area contributed by atoms with Crippen LogP contribution in [0.2, 0.25) is 0 Å². The zero-order valence-corrected chi connectivity index (χ0v) is 14.3. The number of phenols is 1. The summed E-state index contributed by atoms with van der Waals surface area (Å²) in [5.41, 5.74) is 0.716. The Morgan fingerprint density at radius 3 is 2.75 bits per heavy atom. The molecule has 0 aliphatic carbocycles. The van der Waals surface area contributed by atoms with Crippen molar-refractivity contribution in [2.45, 2.75) is 13.0 Å². The molecule has 2 aliphatic rings. The molecule has 0 radical (unpaired) electrons. The zero-order chi connectivity index (χ0) is 17.0. The topological polar surface area (TPSA) is 65.0 Å². The first kappa shape index (κ1) is 17.2. The van der Waals surface area contributed by atoms with Gasteiger partial charge in [0.2, 0.25) is 5.91 Å². The highest BCUT2D eigenvalue weighted by Gasteiger charge is 2.44. The number of ether oxygens (including phenoxy) is 1. The summed E-state index contributed by atoms with van der Waals surface area (Å²) in [5.74, 6) is 0.530. The van der Waals surface area contributed by atoms with Crippen molar-refractivity contribution < 1.29 is 14.6 Å². The molecule has 1 aromatic rings. The summed E-state index contributed by atoms with van der Waals surface area (Å²) < 4.78 is 5.33. The van der Waals surface area contributed by atoms with Crippen LogP contribution >= 0.6 is 0 Å². The Bertz CT molecular complexity index is 564. The minimum atomic E-state index is -0.387. The lowest BCUT2D eigenvalue weighted by atomic mass is 9.86. The molecule has 2 fully saturated rings. The first-order valence-corrected chi connectivity index (χ1v) is 8.62. The maximum Gasteiger partial charge on any atom is 0.232 e. The van der Waals surface area contributed by atoms with Gasteiger partial charge < -0.3 is 20.1 Å². The number of nitrogens with one attached hydrogen (secondary N) is 1. The van der Waals surface area contributed by atoms with Gasteiger partial charge in [0, 0.05) is 46.4 Å². The van der Waals surface area contributed by atoms with Gasteiger partial charge in [-0.15, -0.1) is 0 Å². The molecule has 0 aromatic heterocycles. The number of aromatic hydroxyl groups is 1. The summed E-state index contributed by atoms with van der Waals surface area (Å²) in [6.07, 6.45) is 0.850. The quantitative estimate of drug-likeness (QED) is 0.829. The molecule has 132 valence electrons. The first-order chi connectivity index (χ1) is 11.6. The molecule has 1 aromatic carbocycles. The van der Waals surface area contributed by atoms with Crippen molar-refractivity contribution in [1.82, 2.24) is 15.1 Å². The van der Waals surface area contributed by atoms with Gasteiger partial charge in [-0.25, -0.2) is 0 Å². The fraction of sp³-hybridized carbons (Fsp3) is 0.611. The van der Waals surface area contributed by atoms with E-state index < -0.39 is 0 Å². The second-order valence-corrected chi connectivity index (χ2v) is 6.88. The Balaban J connectivity index is 1.55. The molecule has 24 heavy (non-hydrogen) atoms. The number of benzene rings is 1. The van der Waals surface area contributed by atoms with E-state index >= 15 is 0 Å². The highest BCUT2D eigenvalue weighted by molar-refractivity contribution is 5.83. The largest absolute Gasteiger partial charge is 0.508 e. The van der Waals surface area contributed by atoms with Crippen LogP contribution in [0.4, 0.5) is 0 Å². The number of hydrogen-bond acceptors (Lipinski definition) is 5. The van der Waals surface area contributed by atoms with Gasteiger partial charge in [0.25, 0.3) is 0 Å². The normalized spacial score (nSPS) is 25.1. The van der Waals surface area contributed by atoms with E-state index in [9.17, 15) is 9.90 Å². The number of amides is 1. The third-order valence-electron chi connectivity index (χ3n) is 5.09. The van der Waals surface area contributed by atoms with Gasteiger partial charge in [-0.3, -0.25) is 9.69 Å². The standard InChI is InChI=1S/C18H27N3O3/c1-24-14-18(5-6-19-13-18)17(23)21-9-7-20(8-10-21)12-15-3-2-4-16(22)11-15/h2-4,11,19,22H,5-10,12-14H2,1H3. The van der Waals surface area contributed by atoms with Gasteiger partial charge in [0.1, 0.15) is 5.75 Å². The van der Waals surface area contributed by atoms with Crippen molar-refractivity contribution in [2.75, 3.05) is 53.0 Å². The molecule has 1 unspecified atom stereocenters. The van der Waals surface area contributed by atoms with Gasteiger partial charge in [-0.05, 0) is 30.7 Å². The first-order valence-electron chi connectivity index (χ1n) is 8.62. The van der Waals surface area contributed by atoms with Crippen LogP contribution in [-0.4, -0.2) is 73.8 Å². The molecule has 3 rings (SSSR count). The predicted octanol–water partition coefficient (Wildman–Crippen LogP) is 0.663. The zero-order valence-electron chi connectivity index (χ0n) is 14.3. The SMILES string of the molecule is COCC1(C(=O)N2CCN(Cc3cccc(O)c3)CC2)CCNC1. The number of phenolic OH excluding ortho intramolecular Hbond substituents is 1. The Morgan fingerprint density at radius 1 is 1.33 bits per heavy atom. The molecule has 2 aliphatic heterocycles. The number of piperazine rings is 1. The van der Waals surface area contributed by atoms with E-state index in [0.29, 0.717) is 18.9 Å². The van der Waals surface area contributed by atoms with Crippen LogP contribution < -0.4 is 5.32 Å². The minimum Gasteiger partial charge on any atom is -0.508 e. The minimum absolute atomic E-state index is 0.228. The second-order valence-electron chi connectivity index (χ2n) is 6.88. The van der Waals surface area contributed by atoms with Crippen LogP contribution in [0.1, 0.15) is 12.0 Å². The lowest BCUT2D eigenvalue weighted by Crippen LogP contribution is -2.54. The molecular weight excluding hydrogens is 306 g/mol. The number of carbonyl (C=O) groups excluding carboxylic acids is 1. The molecule has 0 spiro atoms. The third kappa shape index (κ3) is 3.71. The molecule has 2 N–H and O–H groups in total. The van der Waals surface area contributed by atoms with Crippen molar-refractivity contribution in [3.8, 4) is 5.75 Å². The fourth-order valence-electron chi connectivity index (χ4n) is 3.74. The second kappa shape index (κ2) is 7.51. The summed E-state index contributed by atoms with van der Waals surface area (Å²) in [5, 5.41) is 12.9. The molecule has 0 bridgehead atoms. The molecule has 2 heterocycles. The van der Waals surface area contributed by atoms with Crippen LogP contribution in [0.25, 0.3) is 0 Å². The van der Waals surface area contributed by atoms with Gasteiger partial charge in [0.05, 0.1) is 12.0 Å². The Labute approximate surface area is 143 Å². The average molecular weight is 333 g/mol. The van der Waals surface area contributed by atoms with Gasteiger partial charge in [-0.1, -0.05) is 12.1 Å². The molecule has 2 saturated heterocycles. The molecule has 0 saturated carbocycles. The maximum atomic E-state index is 13.0. The van der Waals surface area contributed by atoms with E-state index in [0.717, 1.165) is 51.3 Å². The summed E-state index contributed by atoms with van der Waals surface area (Å²) in [6, 6.07) is 7.38. The average Bonchev–Trinajstić information content (AvgIpc) is 3.05. The highest BCUT2D eigenvalue weighted by Crippen LogP contribution is 2.29. The van der Waals surface area contributed by atoms with Crippen LogP contribution in [0.3, 0.4) is 0 Å². The smallest absolute Gasteiger partial charge is 0.232 e. The lowest BCUT2D eigenvalue weighted by Gasteiger charge is -2.39. The van der Waals surface area contributed by atoms with Gasteiger partial charge in [0.15, 0.2) is 0 Å². The maximum absolute atomic E-state index is 13.0. The monoisotopic (exact) mass is 333 g/mol. The number of nitrogens with zero attached hydrogens (tertiary/aromatic N) is 2. The number of rotatable bonds is 5. The van der Waals surface area contributed by atoms with E-state index in [1.54, 1.807) is 19.2 Å². The van der Waals surface area contributed by atoms with Crippen molar-refractivity contribution in [1.29, 1.82) is 0 Å². The van der Waals surface area contributed by atoms with Crippen LogP contribution in [0, 0.1) is 5.41 Å². The van der Waals surface area contributed by atoms with E-state index in [1.807, 2.05) is 17.0 Å². The van der Waals surface area contributed by atoms with Crippen LogP contribution in [-0.2, 0) is 16.1 Å². The van der Waals surface area contributed by atoms with E-state index in [4.69, 9.17) is 4.74 Å². The van der Waals surface area contributed by atoms with Gasteiger partial charge >= 0.3 is 0 Å². The summed E-state index contributed by atoms with van der Waals surface area (Å²) in [6.45, 7) is 6.11. The van der Waals surface area contributed by atoms with E-state index in [1.165, 1.54) is 0 Å². The summed E-state index contributed by atoms with van der Waals surface area (Å²) in [4.78, 5) is 17.3. The predicted molar refractivity (Wildman–Crippen MR) is 91.8 cm³/mol. The molecule has 6 heteroatoms. The van der Waals surface area contributed by atoms with E-state index in [2.05, 4.69) is 10.2 Å². The Morgan fingerprint density at radius 2 is 2.12 bits per heavy atom. The van der Waals surface area contributed by atoms with Crippen LogP contribution in [0.15, 0.2) is 24.3 Å². The fourth-order valence-corrected chi connectivity index (χ4v) is 3.74. The molecule has 6 nitrogen and oxygen atoms in total. The van der Waals surface area contributed by atoms with Crippen molar-refractivity contribution in [2.24, 2.45) is 5.41 Å². The summed E-state index contributed by atoms with van der Waals surface area (Å²) >= 11 is 0. The van der Waals surface area contributed by atoms with Crippen molar-refractivity contribution in [3.05, 3.63) is 29.8 Å². The number of methoxy groups -OCH3 is 1. The van der Waals surface area contributed by atoms with Gasteiger partial charge in [-0.2, -0.15) is 0 Å². The molecule has 1 amide bonds. The lowest BCUT2D eigenvalue weighted by molar-refractivity contribution is -0.146. The molecule has 1 atom stereocenters. The summed E-state index contributed by atoms with van der Waals surface area (Å²) in [7, 11) is 1.67. The highest BCUT2D eigenvalue weighted by atomic mass is 16.5. The Kier molecular flexibility index (Phi) is 5.38. The number of hydrogen-bond donors (Lipinski definition) is 2.